The molecule has 0 atom stereocenters. The molecule has 0 saturated heterocycles. The van der Waals surface area contributed by atoms with Crippen LogP contribution in [-0.4, -0.2) is 57.2 Å². The topological polar surface area (TPSA) is 75.2 Å². The van der Waals surface area contributed by atoms with E-state index >= 15 is 0 Å². The van der Waals surface area contributed by atoms with Gasteiger partial charge in [0.1, 0.15) is 0 Å². The van der Waals surface area contributed by atoms with E-state index in [1.54, 1.807) is 26.1 Å². The molecule has 0 aliphatic heterocycles. The van der Waals surface area contributed by atoms with Gasteiger partial charge < -0.3 is 25.0 Å². The van der Waals surface area contributed by atoms with Gasteiger partial charge in [0.25, 0.3) is 0 Å². The zero-order valence-corrected chi connectivity index (χ0v) is 21.0. The molecule has 1 aromatic carbocycles. The molecule has 0 bridgehead atoms. The molecule has 0 spiro atoms. The van der Waals surface area contributed by atoms with Crippen molar-refractivity contribution in [2.24, 2.45) is 4.99 Å². The maximum Gasteiger partial charge on any atom is 0.241 e. The molecule has 1 aliphatic rings. The minimum Gasteiger partial charge on any atom is -0.493 e. The van der Waals surface area contributed by atoms with Gasteiger partial charge in [-0.05, 0) is 38.2 Å². The first-order chi connectivity index (χ1) is 14.0. The van der Waals surface area contributed by atoms with Gasteiger partial charge in [0.05, 0.1) is 26.3 Å². The zero-order chi connectivity index (χ0) is 21.1. The van der Waals surface area contributed by atoms with E-state index in [-0.39, 0.29) is 42.5 Å². The predicted molar refractivity (Wildman–Crippen MR) is 132 cm³/mol. The minimum atomic E-state index is 0. The summed E-state index contributed by atoms with van der Waals surface area (Å²) >= 11 is 0. The summed E-state index contributed by atoms with van der Waals surface area (Å²) in [7, 11) is 5.15. The first-order valence-electron chi connectivity index (χ1n) is 10.6. The average molecular weight is 532 g/mol. The average Bonchev–Trinajstić information content (AvgIpc) is 3.23. The van der Waals surface area contributed by atoms with E-state index in [1.165, 1.54) is 12.8 Å². The second-order valence-corrected chi connectivity index (χ2v) is 7.56. The molecule has 1 aliphatic carbocycles. The molecule has 1 saturated carbocycles. The van der Waals surface area contributed by atoms with Crippen LogP contribution >= 0.6 is 24.0 Å². The maximum atomic E-state index is 11.9. The van der Waals surface area contributed by atoms with Crippen LogP contribution in [0, 0.1) is 0 Å². The highest BCUT2D eigenvalue weighted by molar-refractivity contribution is 14.0. The van der Waals surface area contributed by atoms with Gasteiger partial charge in [-0.1, -0.05) is 25.5 Å². The van der Waals surface area contributed by atoms with E-state index in [9.17, 15) is 4.79 Å². The molecular formula is C22H37IN4O3. The van der Waals surface area contributed by atoms with Crippen molar-refractivity contribution in [3.05, 3.63) is 23.8 Å². The number of unbranched alkanes of at least 4 members (excludes halogenated alkanes) is 1. The van der Waals surface area contributed by atoms with Crippen LogP contribution in [0.15, 0.2) is 23.2 Å². The van der Waals surface area contributed by atoms with Gasteiger partial charge in [-0.15, -0.1) is 24.0 Å². The molecule has 0 heterocycles. The van der Waals surface area contributed by atoms with Crippen LogP contribution in [-0.2, 0) is 11.3 Å². The molecule has 8 heteroatoms. The lowest BCUT2D eigenvalue weighted by Gasteiger charge is -2.19. The number of nitrogens with one attached hydrogen (secondary N) is 2. The first-order valence-corrected chi connectivity index (χ1v) is 10.6. The van der Waals surface area contributed by atoms with Crippen LogP contribution in [0.1, 0.15) is 51.0 Å². The fourth-order valence-electron chi connectivity index (χ4n) is 3.19. The summed E-state index contributed by atoms with van der Waals surface area (Å²) < 4.78 is 11.8. The number of likely N-dealkylation sites (N-methyl/N-ethyl adjacent to an activating group) is 1. The Labute approximate surface area is 198 Å². The lowest BCUT2D eigenvalue weighted by molar-refractivity contribution is -0.127. The van der Waals surface area contributed by atoms with Gasteiger partial charge in [0, 0.05) is 26.2 Å². The van der Waals surface area contributed by atoms with E-state index in [4.69, 9.17) is 14.5 Å². The van der Waals surface area contributed by atoms with Crippen molar-refractivity contribution in [2.45, 2.75) is 58.1 Å². The van der Waals surface area contributed by atoms with Gasteiger partial charge >= 0.3 is 0 Å². The second-order valence-electron chi connectivity index (χ2n) is 7.56. The molecule has 7 nitrogen and oxygen atoms in total. The third-order valence-electron chi connectivity index (χ3n) is 5.00. The number of carbonyl (C=O) groups is 1. The zero-order valence-electron chi connectivity index (χ0n) is 18.7. The molecule has 0 aromatic heterocycles. The Hall–Kier alpha value is -1.71. The molecule has 30 heavy (non-hydrogen) atoms. The second kappa shape index (κ2) is 14.3. The molecule has 1 fully saturated rings. The van der Waals surface area contributed by atoms with Crippen molar-refractivity contribution >= 4 is 35.8 Å². The van der Waals surface area contributed by atoms with E-state index in [0.717, 1.165) is 49.3 Å². The standard InChI is InChI=1S/C22H36N4O3.HI/c1-5-6-14-23-22(25-16-20(27)26(2)3)24-15-17-10-9-13-19(28-4)21(17)29-18-11-7-8-12-18;/h9-10,13,18H,5-8,11-12,14-16H2,1-4H3,(H2,23,24,25);1H. The van der Waals surface area contributed by atoms with E-state index in [1.807, 2.05) is 18.2 Å². The summed E-state index contributed by atoms with van der Waals surface area (Å²) in [5, 5.41) is 6.43. The van der Waals surface area contributed by atoms with E-state index in [2.05, 4.69) is 17.6 Å². The number of nitrogens with zero attached hydrogens (tertiary/aromatic N) is 2. The lowest BCUT2D eigenvalue weighted by atomic mass is 10.1. The third kappa shape index (κ3) is 8.57. The number of rotatable bonds is 10. The Morgan fingerprint density at radius 1 is 1.23 bits per heavy atom. The largest absolute Gasteiger partial charge is 0.493 e. The highest BCUT2D eigenvalue weighted by atomic mass is 127. The van der Waals surface area contributed by atoms with Crippen LogP contribution in [0.3, 0.4) is 0 Å². The molecule has 0 radical (unpaired) electrons. The smallest absolute Gasteiger partial charge is 0.241 e. The molecular weight excluding hydrogens is 495 g/mol. The van der Waals surface area contributed by atoms with Gasteiger partial charge in [0.2, 0.25) is 5.91 Å². The number of ether oxygens (including phenoxy) is 2. The Morgan fingerprint density at radius 3 is 2.60 bits per heavy atom. The number of methoxy groups -OCH3 is 1. The van der Waals surface area contributed by atoms with Crippen LogP contribution in [0.5, 0.6) is 11.5 Å². The Kier molecular flexibility index (Phi) is 12.6. The van der Waals surface area contributed by atoms with Crippen molar-refractivity contribution < 1.29 is 14.3 Å². The lowest BCUT2D eigenvalue weighted by Crippen LogP contribution is -2.43. The number of halogens is 1. The number of aliphatic imine (C=N–C) groups is 1. The van der Waals surface area contributed by atoms with Crippen LogP contribution in [0.25, 0.3) is 0 Å². The Bertz CT molecular complexity index is 676. The molecule has 0 unspecified atom stereocenters. The number of carbonyl (C=O) groups excluding carboxylic acids is 1. The number of benzene rings is 1. The van der Waals surface area contributed by atoms with Gasteiger partial charge in [-0.25, -0.2) is 4.99 Å². The van der Waals surface area contributed by atoms with Gasteiger partial charge in [0.15, 0.2) is 17.5 Å². The SMILES string of the molecule is CCCCNC(=NCc1cccc(OC)c1OC1CCCC1)NCC(=O)N(C)C.I. The number of hydrogen-bond acceptors (Lipinski definition) is 4. The van der Waals surface area contributed by atoms with Gasteiger partial charge in [-0.2, -0.15) is 0 Å². The summed E-state index contributed by atoms with van der Waals surface area (Å²) in [4.78, 5) is 18.2. The van der Waals surface area contributed by atoms with Crippen molar-refractivity contribution in [1.82, 2.24) is 15.5 Å². The van der Waals surface area contributed by atoms with E-state index in [0.29, 0.717) is 12.5 Å². The number of para-hydroxylation sites is 1. The number of amides is 1. The first kappa shape index (κ1) is 26.3. The summed E-state index contributed by atoms with van der Waals surface area (Å²) in [6.45, 7) is 3.60. The summed E-state index contributed by atoms with van der Waals surface area (Å²) in [5.74, 6) is 2.15. The molecule has 2 rings (SSSR count). The summed E-state index contributed by atoms with van der Waals surface area (Å²) in [6.07, 6.45) is 6.96. The number of guanidine groups is 1. The Morgan fingerprint density at radius 2 is 1.97 bits per heavy atom. The minimum absolute atomic E-state index is 0. The number of hydrogen-bond donors (Lipinski definition) is 2. The van der Waals surface area contributed by atoms with Crippen LogP contribution < -0.4 is 20.1 Å². The highest BCUT2D eigenvalue weighted by Crippen LogP contribution is 2.35. The quantitative estimate of drug-likeness (QED) is 0.209. The molecule has 170 valence electrons. The van der Waals surface area contributed by atoms with Crippen molar-refractivity contribution in [3.63, 3.8) is 0 Å². The third-order valence-corrected chi connectivity index (χ3v) is 5.00. The molecule has 2 N–H and O–H groups in total. The fraction of sp³-hybridized carbons (Fsp3) is 0.636. The molecule has 1 amide bonds. The summed E-state index contributed by atoms with van der Waals surface area (Å²) in [6, 6.07) is 5.90. The Balaban J connectivity index is 0.00000450. The van der Waals surface area contributed by atoms with Crippen molar-refractivity contribution in [1.29, 1.82) is 0 Å². The molecule has 1 aromatic rings. The highest BCUT2D eigenvalue weighted by Gasteiger charge is 2.20. The predicted octanol–water partition coefficient (Wildman–Crippen LogP) is 3.56. The van der Waals surface area contributed by atoms with Crippen LogP contribution in [0.2, 0.25) is 0 Å². The summed E-state index contributed by atoms with van der Waals surface area (Å²) in [5.41, 5.74) is 0.978. The van der Waals surface area contributed by atoms with Crippen molar-refractivity contribution in [3.8, 4) is 11.5 Å². The van der Waals surface area contributed by atoms with Crippen molar-refractivity contribution in [2.75, 3.05) is 34.3 Å². The van der Waals surface area contributed by atoms with Gasteiger partial charge in [-0.3, -0.25) is 4.79 Å². The normalized spacial score (nSPS) is 14.1. The monoisotopic (exact) mass is 532 g/mol. The van der Waals surface area contributed by atoms with E-state index < -0.39 is 0 Å². The van der Waals surface area contributed by atoms with Crippen LogP contribution in [0.4, 0.5) is 0 Å². The maximum absolute atomic E-state index is 11.9. The fourth-order valence-corrected chi connectivity index (χ4v) is 3.19.